The predicted octanol–water partition coefficient (Wildman–Crippen LogP) is 4.57. The van der Waals surface area contributed by atoms with Crippen molar-refractivity contribution in [3.8, 4) is 17.5 Å². The first-order valence-corrected chi connectivity index (χ1v) is 14.6. The quantitative estimate of drug-likeness (QED) is 0.313. The molecule has 1 unspecified atom stereocenters. The van der Waals surface area contributed by atoms with Crippen LogP contribution in [0.5, 0.6) is 17.5 Å². The third kappa shape index (κ3) is 6.63. The Morgan fingerprint density at radius 3 is 2.55 bits per heavy atom. The predicted molar refractivity (Wildman–Crippen MR) is 159 cm³/mol. The Bertz CT molecular complexity index is 1380. The van der Waals surface area contributed by atoms with Gasteiger partial charge in [0.15, 0.2) is 11.4 Å². The van der Waals surface area contributed by atoms with Gasteiger partial charge in [0.2, 0.25) is 17.7 Å². The number of hydrogen-bond donors (Lipinski definition) is 2. The summed E-state index contributed by atoms with van der Waals surface area (Å²) in [7, 11) is 2.97. The fraction of sp³-hybridized carbons (Fsp3) is 0.516. The lowest BCUT2D eigenvalue weighted by atomic mass is 9.85. The molecule has 2 aliphatic rings. The highest BCUT2D eigenvalue weighted by Crippen LogP contribution is 2.39. The number of ether oxygens (including phenoxy) is 4. The second kappa shape index (κ2) is 13.4. The summed E-state index contributed by atoms with van der Waals surface area (Å²) in [6, 6.07) is 5.62. The van der Waals surface area contributed by atoms with Gasteiger partial charge in [-0.25, -0.2) is 0 Å². The highest BCUT2D eigenvalue weighted by atomic mass is 16.5. The maximum absolute atomic E-state index is 13.2. The van der Waals surface area contributed by atoms with Crippen molar-refractivity contribution in [3.05, 3.63) is 52.0 Å². The molecule has 1 saturated heterocycles. The van der Waals surface area contributed by atoms with Crippen LogP contribution in [0, 0.1) is 13.8 Å². The molecule has 4 heterocycles. The van der Waals surface area contributed by atoms with Crippen LogP contribution in [-0.4, -0.2) is 81.0 Å². The van der Waals surface area contributed by atoms with Gasteiger partial charge in [-0.15, -0.1) is 0 Å². The standard InChI is InChI=1S/C31H41N5O6/c1-19-9-14-41-25-17-20(2)23(21(3)26(19)25)18-22-7-8-24(42-22)28(37)33-27-29(38-4)34-31(35-30(27)39-5)32-10-6-11-36-12-15-40-16-13-36/h7-8,17,19H,6,9-16,18H2,1-5H3,(H,33,37)(H,32,34,35). The van der Waals surface area contributed by atoms with E-state index in [9.17, 15) is 4.79 Å². The van der Waals surface area contributed by atoms with Crippen LogP contribution >= 0.6 is 0 Å². The van der Waals surface area contributed by atoms with Crippen molar-refractivity contribution in [2.45, 2.75) is 46.0 Å². The van der Waals surface area contributed by atoms with Crippen LogP contribution in [0.15, 0.2) is 22.6 Å². The fourth-order valence-corrected chi connectivity index (χ4v) is 5.67. The van der Waals surface area contributed by atoms with Gasteiger partial charge in [0.05, 0.1) is 34.0 Å². The Morgan fingerprint density at radius 2 is 1.83 bits per heavy atom. The molecule has 0 aliphatic carbocycles. The summed E-state index contributed by atoms with van der Waals surface area (Å²) in [6.45, 7) is 12.3. The maximum Gasteiger partial charge on any atom is 0.291 e. The third-order valence-electron chi connectivity index (χ3n) is 7.99. The molecular formula is C31H41N5O6. The van der Waals surface area contributed by atoms with Crippen LogP contribution in [-0.2, 0) is 11.2 Å². The lowest BCUT2D eigenvalue weighted by Crippen LogP contribution is -2.37. The van der Waals surface area contributed by atoms with Gasteiger partial charge in [0, 0.05) is 31.6 Å². The average Bonchev–Trinajstić information content (AvgIpc) is 3.47. The number of fused-ring (bicyclic) bond motifs is 1. The molecule has 3 aromatic rings. The molecule has 0 spiro atoms. The van der Waals surface area contributed by atoms with E-state index in [1.807, 2.05) is 6.07 Å². The molecule has 0 saturated carbocycles. The van der Waals surface area contributed by atoms with E-state index in [1.54, 1.807) is 6.07 Å². The molecule has 1 fully saturated rings. The molecule has 11 heteroatoms. The molecule has 2 aliphatic heterocycles. The number of morpholine rings is 1. The highest BCUT2D eigenvalue weighted by molar-refractivity contribution is 6.03. The minimum absolute atomic E-state index is 0.171. The minimum atomic E-state index is -0.450. The van der Waals surface area contributed by atoms with Crippen molar-refractivity contribution in [2.75, 3.05) is 70.9 Å². The first-order valence-electron chi connectivity index (χ1n) is 14.6. The number of benzene rings is 1. The Morgan fingerprint density at radius 1 is 1.10 bits per heavy atom. The number of hydrogen-bond acceptors (Lipinski definition) is 10. The fourth-order valence-electron chi connectivity index (χ4n) is 5.67. The van der Waals surface area contributed by atoms with Crippen LogP contribution in [0.1, 0.15) is 64.3 Å². The molecule has 0 bridgehead atoms. The van der Waals surface area contributed by atoms with Gasteiger partial charge in [-0.3, -0.25) is 9.69 Å². The van der Waals surface area contributed by atoms with Crippen molar-refractivity contribution in [1.82, 2.24) is 14.9 Å². The van der Waals surface area contributed by atoms with Crippen LogP contribution in [0.4, 0.5) is 11.6 Å². The van der Waals surface area contributed by atoms with Crippen LogP contribution < -0.4 is 24.8 Å². The number of carbonyl (C=O) groups excluding carboxylic acids is 1. The second-order valence-corrected chi connectivity index (χ2v) is 10.8. The largest absolute Gasteiger partial charge is 0.493 e. The molecular weight excluding hydrogens is 538 g/mol. The van der Waals surface area contributed by atoms with Gasteiger partial charge in [0.1, 0.15) is 11.5 Å². The smallest absolute Gasteiger partial charge is 0.291 e. The average molecular weight is 580 g/mol. The number of nitrogens with one attached hydrogen (secondary N) is 2. The molecule has 226 valence electrons. The zero-order chi connectivity index (χ0) is 29.6. The molecule has 42 heavy (non-hydrogen) atoms. The number of carbonyl (C=O) groups is 1. The second-order valence-electron chi connectivity index (χ2n) is 10.8. The number of nitrogens with zero attached hydrogens (tertiary/aromatic N) is 3. The molecule has 5 rings (SSSR count). The minimum Gasteiger partial charge on any atom is -0.493 e. The van der Waals surface area contributed by atoms with E-state index >= 15 is 0 Å². The number of aryl methyl sites for hydroxylation is 1. The Labute approximate surface area is 246 Å². The van der Waals surface area contributed by atoms with Gasteiger partial charge in [-0.1, -0.05) is 6.92 Å². The summed E-state index contributed by atoms with van der Waals surface area (Å²) in [5.41, 5.74) is 5.06. The van der Waals surface area contributed by atoms with Crippen molar-refractivity contribution in [1.29, 1.82) is 0 Å². The SMILES string of the molecule is COc1nc(NCCCN2CCOCC2)nc(OC)c1NC(=O)c1ccc(Cc2c(C)cc3c(c2C)C(C)CCO3)o1. The van der Waals surface area contributed by atoms with E-state index in [1.165, 1.54) is 30.9 Å². The van der Waals surface area contributed by atoms with E-state index in [4.69, 9.17) is 23.4 Å². The van der Waals surface area contributed by atoms with Gasteiger partial charge < -0.3 is 34.0 Å². The van der Waals surface area contributed by atoms with Crippen molar-refractivity contribution in [3.63, 3.8) is 0 Å². The number of furan rings is 1. The number of rotatable bonds is 11. The first-order chi connectivity index (χ1) is 20.4. The van der Waals surface area contributed by atoms with E-state index in [-0.39, 0.29) is 23.2 Å². The summed E-state index contributed by atoms with van der Waals surface area (Å²) in [5.74, 6) is 2.57. The normalized spacial score (nSPS) is 16.8. The third-order valence-corrected chi connectivity index (χ3v) is 7.99. The Hall–Kier alpha value is -3.83. The zero-order valence-corrected chi connectivity index (χ0v) is 25.2. The van der Waals surface area contributed by atoms with Crippen molar-refractivity contribution < 1.29 is 28.2 Å². The molecule has 2 aromatic heterocycles. The summed E-state index contributed by atoms with van der Waals surface area (Å²) >= 11 is 0. The maximum atomic E-state index is 13.2. The van der Waals surface area contributed by atoms with Crippen LogP contribution in [0.2, 0.25) is 0 Å². The van der Waals surface area contributed by atoms with Crippen molar-refractivity contribution in [2.24, 2.45) is 0 Å². The molecule has 0 radical (unpaired) electrons. The van der Waals surface area contributed by atoms with Gasteiger partial charge in [0.25, 0.3) is 5.91 Å². The molecule has 1 amide bonds. The lowest BCUT2D eigenvalue weighted by Gasteiger charge is -2.27. The summed E-state index contributed by atoms with van der Waals surface area (Å²) in [6.07, 6.45) is 2.50. The molecule has 2 N–H and O–H groups in total. The summed E-state index contributed by atoms with van der Waals surface area (Å²) in [4.78, 5) is 24.5. The Balaban J connectivity index is 1.25. The first kappa shape index (κ1) is 29.7. The van der Waals surface area contributed by atoms with E-state index in [0.29, 0.717) is 30.6 Å². The molecule has 1 atom stereocenters. The van der Waals surface area contributed by atoms with Crippen molar-refractivity contribution >= 4 is 17.5 Å². The highest BCUT2D eigenvalue weighted by Gasteiger charge is 2.25. The van der Waals surface area contributed by atoms with Gasteiger partial charge in [-0.2, -0.15) is 9.97 Å². The molecule has 1 aromatic carbocycles. The van der Waals surface area contributed by atoms with E-state index < -0.39 is 5.91 Å². The van der Waals surface area contributed by atoms with Crippen LogP contribution in [0.25, 0.3) is 0 Å². The van der Waals surface area contributed by atoms with E-state index in [2.05, 4.69) is 52.3 Å². The summed E-state index contributed by atoms with van der Waals surface area (Å²) < 4.78 is 28.3. The number of aromatic nitrogens is 2. The van der Waals surface area contributed by atoms with Gasteiger partial charge in [-0.05, 0) is 74.0 Å². The lowest BCUT2D eigenvalue weighted by molar-refractivity contribution is 0.0378. The Kier molecular flexibility index (Phi) is 9.48. The molecule has 11 nitrogen and oxygen atoms in total. The van der Waals surface area contributed by atoms with E-state index in [0.717, 1.165) is 63.6 Å². The number of methoxy groups -OCH3 is 2. The summed E-state index contributed by atoms with van der Waals surface area (Å²) in [5, 5.41) is 6.03. The monoisotopic (exact) mass is 579 g/mol. The number of amides is 1. The number of anilines is 2. The van der Waals surface area contributed by atoms with Gasteiger partial charge >= 0.3 is 0 Å². The zero-order valence-electron chi connectivity index (χ0n) is 25.2. The topological polar surface area (TPSA) is 120 Å². The van der Waals surface area contributed by atoms with Crippen LogP contribution in [0.3, 0.4) is 0 Å².